The van der Waals surface area contributed by atoms with Gasteiger partial charge in [0.1, 0.15) is 0 Å². The van der Waals surface area contributed by atoms with Gasteiger partial charge in [0.2, 0.25) is 0 Å². The van der Waals surface area contributed by atoms with Gasteiger partial charge in [-0.05, 0) is 60.4 Å². The minimum atomic E-state index is -0.259. The van der Waals surface area contributed by atoms with Crippen LogP contribution in [0.25, 0.3) is 0 Å². The molecule has 0 N–H and O–H groups in total. The molecule has 0 aliphatic carbocycles. The van der Waals surface area contributed by atoms with Crippen molar-refractivity contribution in [1.29, 1.82) is 0 Å². The predicted octanol–water partition coefficient (Wildman–Crippen LogP) is 3.02. The molecule has 0 bridgehead atoms. The Bertz CT molecular complexity index is 396. The Kier molecular flexibility index (Phi) is 4.61. The zero-order chi connectivity index (χ0) is 15.9. The summed E-state index contributed by atoms with van der Waals surface area (Å²) >= 11 is 0. The summed E-state index contributed by atoms with van der Waals surface area (Å²) in [6, 6.07) is 0. The molecular weight excluding hydrogens is 265 g/mol. The Balaban J connectivity index is 1.89. The molecule has 0 unspecified atom stereocenters. The van der Waals surface area contributed by atoms with E-state index >= 15 is 0 Å². The fraction of sp³-hybridized carbons (Fsp3) is 0.875. The molecule has 2 rings (SSSR count). The van der Waals surface area contributed by atoms with Crippen LogP contribution in [0.3, 0.4) is 0 Å². The van der Waals surface area contributed by atoms with Crippen molar-refractivity contribution < 1.29 is 14.0 Å². The van der Waals surface area contributed by atoms with Crippen molar-refractivity contribution in [1.82, 2.24) is 4.90 Å². The molecule has 0 saturated carbocycles. The van der Waals surface area contributed by atoms with Crippen LogP contribution >= 0.6 is 0 Å². The van der Waals surface area contributed by atoms with Crippen LogP contribution in [0.4, 0.5) is 0 Å². The number of ether oxygens (including phenoxy) is 1. The van der Waals surface area contributed by atoms with Gasteiger partial charge < -0.3 is 14.0 Å². The maximum absolute atomic E-state index is 6.11. The third-order valence-electron chi connectivity index (χ3n) is 4.56. The summed E-state index contributed by atoms with van der Waals surface area (Å²) in [5, 5.41) is 0. The first-order valence-electron chi connectivity index (χ1n) is 7.91. The number of nitrogens with zero attached hydrogens (tertiary/aromatic N) is 1. The normalized spacial score (nSPS) is 26.0. The van der Waals surface area contributed by atoms with Crippen LogP contribution in [0.15, 0.2) is 11.5 Å². The minimum absolute atomic E-state index is 0.0876. The van der Waals surface area contributed by atoms with Crippen molar-refractivity contribution in [3.8, 4) is 0 Å². The highest BCUT2D eigenvalue weighted by Gasteiger charge is 2.52. The van der Waals surface area contributed by atoms with E-state index in [-0.39, 0.29) is 23.9 Å². The van der Waals surface area contributed by atoms with Gasteiger partial charge in [0.15, 0.2) is 0 Å². The second-order valence-electron chi connectivity index (χ2n) is 8.08. The van der Waals surface area contributed by atoms with Gasteiger partial charge in [0.25, 0.3) is 0 Å². The molecule has 0 aromatic carbocycles. The van der Waals surface area contributed by atoms with Gasteiger partial charge in [0.05, 0.1) is 23.5 Å². The van der Waals surface area contributed by atoms with Gasteiger partial charge >= 0.3 is 7.12 Å². The second-order valence-corrected chi connectivity index (χ2v) is 8.08. The molecule has 0 aromatic heterocycles. The summed E-state index contributed by atoms with van der Waals surface area (Å²) in [6.07, 6.45) is 3.21. The Labute approximate surface area is 130 Å². The van der Waals surface area contributed by atoms with Crippen molar-refractivity contribution in [2.24, 2.45) is 0 Å². The van der Waals surface area contributed by atoms with Gasteiger partial charge in [-0.2, -0.15) is 0 Å². The quantitative estimate of drug-likeness (QED) is 0.749. The summed E-state index contributed by atoms with van der Waals surface area (Å²) in [5.41, 5.74) is 0.659. The van der Waals surface area contributed by atoms with Crippen molar-refractivity contribution in [3.05, 3.63) is 11.5 Å². The average molecular weight is 295 g/mol. The van der Waals surface area contributed by atoms with Crippen molar-refractivity contribution >= 4 is 7.12 Å². The summed E-state index contributed by atoms with van der Waals surface area (Å²) in [6.45, 7) is 17.2. The molecule has 120 valence electrons. The molecule has 1 saturated heterocycles. The van der Waals surface area contributed by atoms with Crippen molar-refractivity contribution in [3.63, 3.8) is 0 Å². The van der Waals surface area contributed by atoms with Crippen LogP contribution in [0.2, 0.25) is 0 Å². The summed E-state index contributed by atoms with van der Waals surface area (Å²) < 4.78 is 18.1. The van der Waals surface area contributed by atoms with E-state index in [1.54, 1.807) is 0 Å². The number of hydrogen-bond donors (Lipinski definition) is 0. The van der Waals surface area contributed by atoms with Crippen LogP contribution in [0.1, 0.15) is 54.9 Å². The van der Waals surface area contributed by atoms with Crippen molar-refractivity contribution in [2.75, 3.05) is 19.8 Å². The average Bonchev–Trinajstić information content (AvgIpc) is 2.56. The Hall–Kier alpha value is -0.355. The van der Waals surface area contributed by atoms with Gasteiger partial charge in [0, 0.05) is 13.1 Å². The van der Waals surface area contributed by atoms with Gasteiger partial charge in [-0.25, -0.2) is 0 Å². The maximum atomic E-state index is 6.11. The molecule has 2 aliphatic heterocycles. The fourth-order valence-electron chi connectivity index (χ4n) is 2.34. The highest BCUT2D eigenvalue weighted by molar-refractivity contribution is 6.54. The lowest BCUT2D eigenvalue weighted by Gasteiger charge is -2.32. The van der Waals surface area contributed by atoms with E-state index in [1.807, 2.05) is 0 Å². The van der Waals surface area contributed by atoms with E-state index in [1.165, 1.54) is 5.47 Å². The predicted molar refractivity (Wildman–Crippen MR) is 86.1 cm³/mol. The zero-order valence-corrected chi connectivity index (χ0v) is 14.7. The molecule has 4 nitrogen and oxygen atoms in total. The number of hydrogen-bond acceptors (Lipinski definition) is 4. The lowest BCUT2D eigenvalue weighted by Crippen LogP contribution is -2.41. The fourth-order valence-corrected chi connectivity index (χ4v) is 2.34. The molecule has 0 radical (unpaired) electrons. The molecule has 2 aliphatic rings. The summed E-state index contributed by atoms with van der Waals surface area (Å²) in [5.74, 6) is 0. The smallest absolute Gasteiger partial charge is 0.400 e. The standard InChI is InChI=1S/C16H30BNO3/c1-14(2,3)19-12-18-10-8-13(9-11-18)17-20-15(4,5)16(6,7)21-17/h8H,9-12H2,1-7H3. The van der Waals surface area contributed by atoms with E-state index in [0.717, 1.165) is 19.5 Å². The van der Waals surface area contributed by atoms with Gasteiger partial charge in [-0.1, -0.05) is 6.08 Å². The van der Waals surface area contributed by atoms with Gasteiger partial charge in [-0.15, -0.1) is 0 Å². The Morgan fingerprint density at radius 1 is 1.19 bits per heavy atom. The largest absolute Gasteiger partial charge is 0.490 e. The van der Waals surface area contributed by atoms with E-state index in [2.05, 4.69) is 59.4 Å². The lowest BCUT2D eigenvalue weighted by atomic mass is 9.75. The monoisotopic (exact) mass is 295 g/mol. The molecule has 2 heterocycles. The van der Waals surface area contributed by atoms with Crippen LogP contribution < -0.4 is 0 Å². The van der Waals surface area contributed by atoms with Gasteiger partial charge in [-0.3, -0.25) is 4.90 Å². The van der Waals surface area contributed by atoms with Crippen LogP contribution in [-0.4, -0.2) is 48.6 Å². The van der Waals surface area contributed by atoms with E-state index < -0.39 is 0 Å². The zero-order valence-electron chi connectivity index (χ0n) is 14.7. The third-order valence-corrected chi connectivity index (χ3v) is 4.56. The van der Waals surface area contributed by atoms with E-state index in [4.69, 9.17) is 14.0 Å². The molecule has 0 spiro atoms. The molecular formula is C16H30BNO3. The first kappa shape index (κ1) is 17.0. The van der Waals surface area contributed by atoms with Crippen molar-refractivity contribution in [2.45, 2.75) is 71.7 Å². The first-order valence-corrected chi connectivity index (χ1v) is 7.91. The second kappa shape index (κ2) is 5.69. The molecule has 0 atom stereocenters. The summed E-state index contributed by atoms with van der Waals surface area (Å²) in [4.78, 5) is 2.31. The van der Waals surface area contributed by atoms with Crippen LogP contribution in [0.5, 0.6) is 0 Å². The molecule has 21 heavy (non-hydrogen) atoms. The minimum Gasteiger partial charge on any atom is -0.400 e. The molecule has 0 amide bonds. The maximum Gasteiger partial charge on any atom is 0.490 e. The number of rotatable bonds is 3. The van der Waals surface area contributed by atoms with Crippen LogP contribution in [0, 0.1) is 0 Å². The molecule has 0 aromatic rings. The highest BCUT2D eigenvalue weighted by Crippen LogP contribution is 2.39. The summed E-state index contributed by atoms with van der Waals surface area (Å²) in [7, 11) is -0.194. The molecule has 5 heteroatoms. The Morgan fingerprint density at radius 2 is 1.76 bits per heavy atom. The molecule has 1 fully saturated rings. The SMILES string of the molecule is CC(C)(C)OCN1CC=C(B2OC(C)(C)C(C)(C)O2)CC1. The van der Waals surface area contributed by atoms with Crippen LogP contribution in [-0.2, 0) is 14.0 Å². The van der Waals surface area contributed by atoms with E-state index in [9.17, 15) is 0 Å². The first-order chi connectivity index (χ1) is 9.50. The van der Waals surface area contributed by atoms with E-state index in [0.29, 0.717) is 6.73 Å². The Morgan fingerprint density at radius 3 is 2.19 bits per heavy atom. The highest BCUT2D eigenvalue weighted by atomic mass is 16.7. The topological polar surface area (TPSA) is 30.9 Å². The third kappa shape index (κ3) is 4.10. The lowest BCUT2D eigenvalue weighted by molar-refractivity contribution is -0.0608.